The molecule has 0 saturated heterocycles. The Kier molecular flexibility index (Phi) is 5.88. The molecule has 1 unspecified atom stereocenters. The summed E-state index contributed by atoms with van der Waals surface area (Å²) in [6.45, 7) is 4.88. The minimum Gasteiger partial charge on any atom is -0.494 e. The first-order valence-corrected chi connectivity index (χ1v) is 11.7. The van der Waals surface area contributed by atoms with Gasteiger partial charge in [0.05, 0.1) is 23.6 Å². The van der Waals surface area contributed by atoms with Gasteiger partial charge in [0.1, 0.15) is 11.3 Å². The van der Waals surface area contributed by atoms with E-state index >= 15 is 0 Å². The van der Waals surface area contributed by atoms with E-state index < -0.39 is 6.04 Å². The summed E-state index contributed by atoms with van der Waals surface area (Å²) >= 11 is 6.26. The van der Waals surface area contributed by atoms with E-state index in [9.17, 15) is 9.59 Å². The van der Waals surface area contributed by atoms with Crippen LogP contribution in [0.2, 0.25) is 5.02 Å². The number of amides is 1. The number of carbonyl (C=O) groups excluding carboxylic acids is 1. The number of carbonyl (C=O) groups is 1. The van der Waals surface area contributed by atoms with Crippen molar-refractivity contribution >= 4 is 34.2 Å². The van der Waals surface area contributed by atoms with Crippen molar-refractivity contribution in [2.45, 2.75) is 26.3 Å². The minimum atomic E-state index is -0.671. The van der Waals surface area contributed by atoms with Gasteiger partial charge in [0.15, 0.2) is 5.43 Å². The van der Waals surface area contributed by atoms with Gasteiger partial charge >= 0.3 is 0 Å². The molecule has 1 aliphatic rings. The summed E-state index contributed by atoms with van der Waals surface area (Å²) in [5.41, 5.74) is 1.84. The molecule has 1 amide bonds. The predicted octanol–water partition coefficient (Wildman–Crippen LogP) is 6.62. The first-order valence-electron chi connectivity index (χ1n) is 11.3. The number of fused-ring (bicyclic) bond motifs is 2. The third kappa shape index (κ3) is 3.97. The Hall–Kier alpha value is -3.57. The van der Waals surface area contributed by atoms with Crippen LogP contribution in [0.5, 0.6) is 5.75 Å². The van der Waals surface area contributed by atoms with E-state index in [0.717, 1.165) is 12.0 Å². The Bertz CT molecular complexity index is 1440. The molecule has 0 aliphatic carbocycles. The number of hydrogen-bond donors (Lipinski definition) is 0. The van der Waals surface area contributed by atoms with Crippen molar-refractivity contribution in [3.8, 4) is 5.75 Å². The fourth-order valence-corrected chi connectivity index (χ4v) is 4.50. The first kappa shape index (κ1) is 22.2. The summed E-state index contributed by atoms with van der Waals surface area (Å²) in [5, 5.41) is 0.937. The van der Waals surface area contributed by atoms with E-state index in [1.165, 1.54) is 0 Å². The molecule has 5 rings (SSSR count). The summed E-state index contributed by atoms with van der Waals surface area (Å²) in [5.74, 6) is 0.894. The molecule has 172 valence electrons. The van der Waals surface area contributed by atoms with Gasteiger partial charge in [-0.15, -0.1) is 0 Å². The number of ether oxygens (including phenoxy) is 1. The van der Waals surface area contributed by atoms with Gasteiger partial charge in [-0.1, -0.05) is 55.8 Å². The Morgan fingerprint density at radius 3 is 2.59 bits per heavy atom. The molecule has 0 N–H and O–H groups in total. The van der Waals surface area contributed by atoms with Crippen LogP contribution in [0.25, 0.3) is 11.0 Å². The highest BCUT2D eigenvalue weighted by Crippen LogP contribution is 2.42. The van der Waals surface area contributed by atoms with Crippen LogP contribution in [0.3, 0.4) is 0 Å². The maximum Gasteiger partial charge on any atom is 0.295 e. The van der Waals surface area contributed by atoms with Gasteiger partial charge in [0.25, 0.3) is 5.91 Å². The number of nitrogens with zero attached hydrogens (tertiary/aromatic N) is 1. The molecule has 1 atom stereocenters. The van der Waals surface area contributed by atoms with E-state index in [0.29, 0.717) is 45.5 Å². The lowest BCUT2D eigenvalue weighted by Crippen LogP contribution is -2.29. The Morgan fingerprint density at radius 1 is 1.00 bits per heavy atom. The van der Waals surface area contributed by atoms with Crippen LogP contribution in [0.1, 0.15) is 48.0 Å². The summed E-state index contributed by atoms with van der Waals surface area (Å²) in [6, 6.07) is 20.9. The lowest BCUT2D eigenvalue weighted by molar-refractivity contribution is 0.0971. The zero-order chi connectivity index (χ0) is 23.8. The van der Waals surface area contributed by atoms with Gasteiger partial charge in [-0.25, -0.2) is 0 Å². The van der Waals surface area contributed by atoms with E-state index in [2.05, 4.69) is 13.8 Å². The van der Waals surface area contributed by atoms with Crippen LogP contribution in [-0.4, -0.2) is 12.5 Å². The minimum absolute atomic E-state index is 0.0554. The monoisotopic (exact) mass is 473 g/mol. The van der Waals surface area contributed by atoms with Crippen LogP contribution >= 0.6 is 11.6 Å². The van der Waals surface area contributed by atoms with Crippen molar-refractivity contribution in [2.24, 2.45) is 5.92 Å². The molecule has 4 aromatic rings. The molecule has 3 aromatic carbocycles. The van der Waals surface area contributed by atoms with Gasteiger partial charge in [0.2, 0.25) is 5.76 Å². The van der Waals surface area contributed by atoms with Gasteiger partial charge in [-0.2, -0.15) is 0 Å². The molecule has 0 saturated carbocycles. The van der Waals surface area contributed by atoms with Crippen molar-refractivity contribution in [1.29, 1.82) is 0 Å². The second-order valence-corrected chi connectivity index (χ2v) is 9.27. The normalized spacial score (nSPS) is 15.2. The number of halogens is 1. The van der Waals surface area contributed by atoms with E-state index in [4.69, 9.17) is 20.8 Å². The summed E-state index contributed by atoms with van der Waals surface area (Å²) in [6.07, 6.45) is 0.930. The maximum absolute atomic E-state index is 13.6. The van der Waals surface area contributed by atoms with Crippen LogP contribution in [0.4, 0.5) is 5.69 Å². The number of benzene rings is 3. The van der Waals surface area contributed by atoms with E-state index in [-0.39, 0.29) is 17.1 Å². The third-order valence-corrected chi connectivity index (χ3v) is 6.24. The molecule has 0 fully saturated rings. The molecular formula is C28H24ClNO4. The third-order valence-electron chi connectivity index (χ3n) is 6.00. The SMILES string of the molecule is CC(C)CCOc1cccc(C2c3c(oc4ccccc4c3=O)C(=O)N2c2cccc(Cl)c2)c1. The van der Waals surface area contributed by atoms with Gasteiger partial charge < -0.3 is 9.15 Å². The number of hydrogen-bond acceptors (Lipinski definition) is 4. The van der Waals surface area contributed by atoms with Crippen LogP contribution in [0, 0.1) is 5.92 Å². The average molecular weight is 474 g/mol. The Labute approximate surface area is 202 Å². The lowest BCUT2D eigenvalue weighted by atomic mass is 9.98. The first-order chi connectivity index (χ1) is 16.4. The highest BCUT2D eigenvalue weighted by Gasteiger charge is 2.43. The Morgan fingerprint density at radius 2 is 1.79 bits per heavy atom. The van der Waals surface area contributed by atoms with Crippen LogP contribution in [0.15, 0.2) is 82.0 Å². The summed E-state index contributed by atoms with van der Waals surface area (Å²) in [7, 11) is 0. The lowest BCUT2D eigenvalue weighted by Gasteiger charge is -2.25. The molecule has 6 heteroatoms. The van der Waals surface area contributed by atoms with Crippen molar-refractivity contribution in [3.05, 3.63) is 105 Å². The van der Waals surface area contributed by atoms with Crippen LogP contribution in [-0.2, 0) is 0 Å². The second kappa shape index (κ2) is 8.99. The molecule has 1 aromatic heterocycles. The smallest absolute Gasteiger partial charge is 0.295 e. The molecule has 0 radical (unpaired) electrons. The fourth-order valence-electron chi connectivity index (χ4n) is 4.31. The standard InChI is InChI=1S/C28H24ClNO4/c1-17(2)13-14-33-21-10-5-7-18(15-21)25-24-26(31)22-11-3-4-12-23(22)34-27(24)28(32)30(25)20-9-6-8-19(29)16-20/h3-12,15-17,25H,13-14H2,1-2H3. The summed E-state index contributed by atoms with van der Waals surface area (Å²) < 4.78 is 12.0. The molecule has 2 heterocycles. The zero-order valence-electron chi connectivity index (χ0n) is 19.0. The average Bonchev–Trinajstić information content (AvgIpc) is 3.12. The Balaban J connectivity index is 1.68. The zero-order valence-corrected chi connectivity index (χ0v) is 19.7. The largest absolute Gasteiger partial charge is 0.494 e. The molecule has 1 aliphatic heterocycles. The highest BCUT2D eigenvalue weighted by molar-refractivity contribution is 6.31. The van der Waals surface area contributed by atoms with E-state index in [1.807, 2.05) is 24.3 Å². The van der Waals surface area contributed by atoms with Crippen LogP contribution < -0.4 is 15.1 Å². The fraction of sp³-hybridized carbons (Fsp3) is 0.214. The van der Waals surface area contributed by atoms with Crippen molar-refractivity contribution in [2.75, 3.05) is 11.5 Å². The predicted molar refractivity (Wildman–Crippen MR) is 134 cm³/mol. The molecule has 0 bridgehead atoms. The summed E-state index contributed by atoms with van der Waals surface area (Å²) in [4.78, 5) is 28.8. The number of rotatable bonds is 6. The number of para-hydroxylation sites is 1. The topological polar surface area (TPSA) is 59.8 Å². The van der Waals surface area contributed by atoms with E-state index in [1.54, 1.807) is 53.4 Å². The van der Waals surface area contributed by atoms with Gasteiger partial charge in [-0.05, 0) is 60.4 Å². The molecule has 0 spiro atoms. The van der Waals surface area contributed by atoms with Gasteiger partial charge in [-0.3, -0.25) is 14.5 Å². The molecule has 34 heavy (non-hydrogen) atoms. The quantitative estimate of drug-likeness (QED) is 0.315. The van der Waals surface area contributed by atoms with Crippen molar-refractivity contribution in [1.82, 2.24) is 0 Å². The second-order valence-electron chi connectivity index (χ2n) is 8.83. The van der Waals surface area contributed by atoms with Crippen molar-refractivity contribution in [3.63, 3.8) is 0 Å². The maximum atomic E-state index is 13.6. The van der Waals surface area contributed by atoms with Gasteiger partial charge in [0, 0.05) is 10.7 Å². The molecular weight excluding hydrogens is 450 g/mol. The van der Waals surface area contributed by atoms with Crippen molar-refractivity contribution < 1.29 is 13.9 Å². The highest BCUT2D eigenvalue weighted by atomic mass is 35.5. The molecule has 5 nitrogen and oxygen atoms in total. The number of anilines is 1.